The van der Waals surface area contributed by atoms with Gasteiger partial charge in [0.2, 0.25) is 0 Å². The van der Waals surface area contributed by atoms with Crippen LogP contribution < -0.4 is 15.2 Å². The number of halogens is 4. The number of fused-ring (bicyclic) bond motifs is 1. The van der Waals surface area contributed by atoms with E-state index in [-0.39, 0.29) is 48.8 Å². The van der Waals surface area contributed by atoms with Gasteiger partial charge in [-0.1, -0.05) is 7.43 Å². The molecule has 0 unspecified atom stereocenters. The van der Waals surface area contributed by atoms with Crippen molar-refractivity contribution in [2.75, 3.05) is 13.2 Å². The standard InChI is InChI=1S/C17H12F4N2O2.CH4/c18-10-4-13(16-15(5-10)24-8-11(7-23)25-16)12-3-9(6-22)1-2-14(12)17(19,20)21;/h1-5,11H,7-8,23H2;1H4/t11-;/m0./s1. The average molecular weight is 368 g/mol. The lowest BCUT2D eigenvalue weighted by atomic mass is 9.95. The van der Waals surface area contributed by atoms with E-state index in [2.05, 4.69) is 0 Å². The molecule has 0 aromatic heterocycles. The Morgan fingerprint density at radius 1 is 1.19 bits per heavy atom. The van der Waals surface area contributed by atoms with Crippen LogP contribution in [0.25, 0.3) is 11.1 Å². The molecule has 1 atom stereocenters. The van der Waals surface area contributed by atoms with Crippen molar-refractivity contribution < 1.29 is 27.0 Å². The third kappa shape index (κ3) is 3.58. The highest BCUT2D eigenvalue weighted by Gasteiger charge is 2.35. The fourth-order valence-electron chi connectivity index (χ4n) is 2.58. The molecule has 0 radical (unpaired) electrons. The van der Waals surface area contributed by atoms with Gasteiger partial charge in [-0.15, -0.1) is 0 Å². The van der Waals surface area contributed by atoms with E-state index < -0.39 is 23.7 Å². The zero-order valence-corrected chi connectivity index (χ0v) is 12.7. The SMILES string of the molecule is C.N#Cc1ccc(C(F)(F)F)c(-c2cc(F)cc3c2O[C@@H](CN)CO3)c1. The number of hydrogen-bond acceptors (Lipinski definition) is 4. The van der Waals surface area contributed by atoms with E-state index in [1.54, 1.807) is 6.07 Å². The second-order valence-corrected chi connectivity index (χ2v) is 5.44. The molecule has 138 valence electrons. The lowest BCUT2D eigenvalue weighted by molar-refractivity contribution is -0.137. The summed E-state index contributed by atoms with van der Waals surface area (Å²) >= 11 is 0. The molecule has 0 bridgehead atoms. The summed E-state index contributed by atoms with van der Waals surface area (Å²) in [6.07, 6.45) is -5.25. The zero-order valence-electron chi connectivity index (χ0n) is 12.7. The van der Waals surface area contributed by atoms with Crippen molar-refractivity contribution in [2.45, 2.75) is 19.7 Å². The molecular formula is C18H16F4N2O2. The first-order valence-electron chi connectivity index (χ1n) is 7.28. The molecule has 0 fully saturated rings. The Kier molecular flexibility index (Phi) is 5.42. The summed E-state index contributed by atoms with van der Waals surface area (Å²) in [4.78, 5) is 0. The molecule has 2 aromatic rings. The Labute approximate surface area is 147 Å². The van der Waals surface area contributed by atoms with Crippen molar-refractivity contribution in [3.05, 3.63) is 47.3 Å². The van der Waals surface area contributed by atoms with E-state index >= 15 is 0 Å². The number of hydrogen-bond donors (Lipinski definition) is 1. The second-order valence-electron chi connectivity index (χ2n) is 5.44. The van der Waals surface area contributed by atoms with E-state index in [0.29, 0.717) is 0 Å². The predicted molar refractivity (Wildman–Crippen MR) is 87.2 cm³/mol. The zero-order chi connectivity index (χ0) is 18.2. The van der Waals surface area contributed by atoms with Crippen molar-refractivity contribution in [1.82, 2.24) is 0 Å². The minimum absolute atomic E-state index is 0. The quantitative estimate of drug-likeness (QED) is 0.810. The van der Waals surface area contributed by atoms with Crippen LogP contribution in [0.15, 0.2) is 30.3 Å². The number of benzene rings is 2. The van der Waals surface area contributed by atoms with Gasteiger partial charge >= 0.3 is 6.18 Å². The molecule has 0 aliphatic carbocycles. The predicted octanol–water partition coefficient (Wildman–Crippen LogP) is 4.12. The van der Waals surface area contributed by atoms with Crippen LogP contribution >= 0.6 is 0 Å². The monoisotopic (exact) mass is 368 g/mol. The van der Waals surface area contributed by atoms with Crippen LogP contribution in [0.1, 0.15) is 18.6 Å². The minimum atomic E-state index is -4.69. The van der Waals surface area contributed by atoms with Gasteiger partial charge in [0, 0.05) is 18.2 Å². The van der Waals surface area contributed by atoms with Gasteiger partial charge in [0.05, 0.1) is 17.2 Å². The normalized spacial score (nSPS) is 15.8. The molecule has 0 amide bonds. The van der Waals surface area contributed by atoms with Crippen LogP contribution in [0.3, 0.4) is 0 Å². The Morgan fingerprint density at radius 2 is 1.92 bits per heavy atom. The summed E-state index contributed by atoms with van der Waals surface area (Å²) in [5.74, 6) is -0.807. The Bertz CT molecular complexity index is 859. The highest BCUT2D eigenvalue weighted by molar-refractivity contribution is 5.78. The van der Waals surface area contributed by atoms with Crippen LogP contribution in [0, 0.1) is 17.1 Å². The van der Waals surface area contributed by atoms with Gasteiger partial charge in [-0.25, -0.2) is 4.39 Å². The van der Waals surface area contributed by atoms with Crippen LogP contribution in [0.5, 0.6) is 11.5 Å². The number of nitrogens with zero attached hydrogens (tertiary/aromatic N) is 1. The fraction of sp³-hybridized carbons (Fsp3) is 0.278. The Balaban J connectivity index is 0.00000243. The highest BCUT2D eigenvalue weighted by Crippen LogP contribution is 2.46. The van der Waals surface area contributed by atoms with E-state index in [9.17, 15) is 17.6 Å². The first kappa shape index (κ1) is 19.5. The molecule has 8 heteroatoms. The van der Waals surface area contributed by atoms with Gasteiger partial charge in [-0.05, 0) is 29.8 Å². The summed E-state index contributed by atoms with van der Waals surface area (Å²) in [6, 6.07) is 6.62. The average Bonchev–Trinajstić information content (AvgIpc) is 2.59. The molecular weight excluding hydrogens is 352 g/mol. The van der Waals surface area contributed by atoms with E-state index in [4.69, 9.17) is 20.5 Å². The van der Waals surface area contributed by atoms with Crippen molar-refractivity contribution >= 4 is 0 Å². The topological polar surface area (TPSA) is 68.3 Å². The van der Waals surface area contributed by atoms with Crippen LogP contribution in [0.2, 0.25) is 0 Å². The van der Waals surface area contributed by atoms with Gasteiger partial charge in [-0.3, -0.25) is 0 Å². The van der Waals surface area contributed by atoms with Gasteiger partial charge in [0.1, 0.15) is 18.5 Å². The number of nitrogens with two attached hydrogens (primary N) is 1. The number of rotatable bonds is 2. The molecule has 0 saturated carbocycles. The maximum Gasteiger partial charge on any atom is 0.417 e. The lowest BCUT2D eigenvalue weighted by Crippen LogP contribution is -2.36. The highest BCUT2D eigenvalue weighted by atomic mass is 19.4. The first-order valence-corrected chi connectivity index (χ1v) is 7.28. The Morgan fingerprint density at radius 3 is 2.54 bits per heavy atom. The van der Waals surface area contributed by atoms with Crippen molar-refractivity contribution in [3.63, 3.8) is 0 Å². The second kappa shape index (κ2) is 7.22. The van der Waals surface area contributed by atoms with Crippen LogP contribution in [0.4, 0.5) is 17.6 Å². The summed E-state index contributed by atoms with van der Waals surface area (Å²) in [7, 11) is 0. The van der Waals surface area contributed by atoms with Crippen molar-refractivity contribution in [1.29, 1.82) is 5.26 Å². The van der Waals surface area contributed by atoms with Gasteiger partial charge < -0.3 is 15.2 Å². The summed E-state index contributed by atoms with van der Waals surface area (Å²) < 4.78 is 65.0. The number of nitriles is 1. The number of ether oxygens (including phenoxy) is 2. The minimum Gasteiger partial charge on any atom is -0.486 e. The van der Waals surface area contributed by atoms with Crippen LogP contribution in [-0.4, -0.2) is 19.3 Å². The summed E-state index contributed by atoms with van der Waals surface area (Å²) in [5, 5.41) is 9.00. The van der Waals surface area contributed by atoms with Gasteiger partial charge in [0.25, 0.3) is 0 Å². The smallest absolute Gasteiger partial charge is 0.417 e. The fourth-order valence-corrected chi connectivity index (χ4v) is 2.58. The molecule has 4 nitrogen and oxygen atoms in total. The van der Waals surface area contributed by atoms with E-state index in [1.807, 2.05) is 0 Å². The van der Waals surface area contributed by atoms with Gasteiger partial charge in [-0.2, -0.15) is 18.4 Å². The molecule has 1 heterocycles. The van der Waals surface area contributed by atoms with Crippen molar-refractivity contribution in [2.24, 2.45) is 5.73 Å². The molecule has 2 aromatic carbocycles. The summed E-state index contributed by atoms with van der Waals surface area (Å²) in [5.41, 5.74) is 4.03. The number of alkyl halides is 3. The molecule has 3 rings (SSSR count). The van der Waals surface area contributed by atoms with Crippen molar-refractivity contribution in [3.8, 4) is 28.7 Å². The molecule has 0 saturated heterocycles. The largest absolute Gasteiger partial charge is 0.486 e. The third-order valence-corrected chi connectivity index (χ3v) is 3.74. The maximum atomic E-state index is 13.9. The van der Waals surface area contributed by atoms with Gasteiger partial charge in [0.15, 0.2) is 11.5 Å². The molecule has 0 spiro atoms. The molecule has 1 aliphatic heterocycles. The Hall–Kier alpha value is -2.79. The maximum absolute atomic E-state index is 13.9. The van der Waals surface area contributed by atoms with E-state index in [0.717, 1.165) is 30.3 Å². The molecule has 1 aliphatic rings. The first-order chi connectivity index (χ1) is 11.8. The molecule has 26 heavy (non-hydrogen) atoms. The lowest BCUT2D eigenvalue weighted by Gasteiger charge is -2.28. The van der Waals surface area contributed by atoms with Crippen LogP contribution in [-0.2, 0) is 6.18 Å². The molecule has 2 N–H and O–H groups in total. The third-order valence-electron chi connectivity index (χ3n) is 3.74. The van der Waals surface area contributed by atoms with E-state index in [1.165, 1.54) is 0 Å². The summed E-state index contributed by atoms with van der Waals surface area (Å²) in [6.45, 7) is 0.150.